The van der Waals surface area contributed by atoms with Crippen LogP contribution in [-0.2, 0) is 18.9 Å². The van der Waals surface area contributed by atoms with Gasteiger partial charge in [-0.1, -0.05) is 6.07 Å². The molecule has 2 atom stereocenters. The quantitative estimate of drug-likeness (QED) is 0.432. The topological polar surface area (TPSA) is 26.8 Å². The Morgan fingerprint density at radius 1 is 0.972 bits per heavy atom. The smallest absolute Gasteiger partial charge is 0.323 e. The number of urea groups is 1. The Morgan fingerprint density at radius 2 is 1.56 bits per heavy atom. The molecule has 11 heteroatoms. The van der Waals surface area contributed by atoms with Gasteiger partial charge in [0.05, 0.1) is 17.2 Å². The first-order valence-electron chi connectivity index (χ1n) is 11.3. The van der Waals surface area contributed by atoms with Crippen LogP contribution in [0.1, 0.15) is 46.7 Å². The number of halogens is 7. The maximum Gasteiger partial charge on any atom is 0.416 e. The van der Waals surface area contributed by atoms with Gasteiger partial charge in [-0.25, -0.2) is 9.18 Å². The van der Waals surface area contributed by atoms with Crippen molar-refractivity contribution in [1.82, 2.24) is 14.7 Å². The number of amides is 2. The Labute approximate surface area is 205 Å². The highest BCUT2D eigenvalue weighted by Gasteiger charge is 2.38. The van der Waals surface area contributed by atoms with Crippen LogP contribution in [-0.4, -0.2) is 54.5 Å². The van der Waals surface area contributed by atoms with Gasteiger partial charge in [-0.3, -0.25) is 0 Å². The standard InChI is InChI=1S/C25H28F7N3O/c1-15-9-19(26)5-6-21(15)22-13-20(33(2)3)7-8-35(22)23(36)34(4)14-16-10-17(24(27,28)29)12-18(11-16)25(30,31)32/h5-6,9-12,20,22H,7-8,13-14H2,1-4H3/t20-,22+/m1/s1. The molecule has 0 bridgehead atoms. The number of rotatable bonds is 4. The fraction of sp³-hybridized carbons (Fsp3) is 0.480. The van der Waals surface area contributed by atoms with Crippen molar-refractivity contribution >= 4 is 6.03 Å². The average molecular weight is 520 g/mol. The first-order chi connectivity index (χ1) is 16.6. The van der Waals surface area contributed by atoms with Gasteiger partial charge in [-0.15, -0.1) is 0 Å². The summed E-state index contributed by atoms with van der Waals surface area (Å²) in [5.74, 6) is -0.420. The molecule has 2 aromatic rings. The van der Waals surface area contributed by atoms with Crippen LogP contribution in [0.25, 0.3) is 0 Å². The molecule has 2 aromatic carbocycles. The van der Waals surface area contributed by atoms with Crippen LogP contribution in [0.4, 0.5) is 35.5 Å². The summed E-state index contributed by atoms with van der Waals surface area (Å²) in [6.07, 6.45) is -8.78. The van der Waals surface area contributed by atoms with E-state index in [1.165, 1.54) is 19.2 Å². The summed E-state index contributed by atoms with van der Waals surface area (Å²) in [5.41, 5.74) is -1.76. The van der Waals surface area contributed by atoms with Crippen LogP contribution in [0.3, 0.4) is 0 Å². The van der Waals surface area contributed by atoms with Gasteiger partial charge in [-0.05, 0) is 80.9 Å². The van der Waals surface area contributed by atoms with E-state index in [9.17, 15) is 35.5 Å². The van der Waals surface area contributed by atoms with E-state index in [4.69, 9.17) is 0 Å². The predicted molar refractivity (Wildman–Crippen MR) is 121 cm³/mol. The Balaban J connectivity index is 1.91. The van der Waals surface area contributed by atoms with Gasteiger partial charge in [0.15, 0.2) is 0 Å². The summed E-state index contributed by atoms with van der Waals surface area (Å²) in [5, 5.41) is 0. The van der Waals surface area contributed by atoms with Gasteiger partial charge >= 0.3 is 18.4 Å². The third kappa shape index (κ3) is 6.29. The zero-order chi connectivity index (χ0) is 27.0. The Morgan fingerprint density at radius 3 is 2.06 bits per heavy atom. The van der Waals surface area contributed by atoms with E-state index in [-0.39, 0.29) is 17.7 Å². The lowest BCUT2D eigenvalue weighted by Crippen LogP contribution is -2.50. The molecule has 0 N–H and O–H groups in total. The van der Waals surface area contributed by atoms with Crippen molar-refractivity contribution in [3.63, 3.8) is 0 Å². The highest BCUT2D eigenvalue weighted by atomic mass is 19.4. The number of nitrogens with zero attached hydrogens (tertiary/aromatic N) is 3. The molecule has 4 nitrogen and oxygen atoms in total. The second-order valence-electron chi connectivity index (χ2n) is 9.40. The molecule has 1 heterocycles. The number of hydrogen-bond acceptors (Lipinski definition) is 2. The third-order valence-corrected chi connectivity index (χ3v) is 6.54. The summed E-state index contributed by atoms with van der Waals surface area (Å²) in [4.78, 5) is 18.1. The van der Waals surface area contributed by atoms with E-state index in [0.29, 0.717) is 37.1 Å². The highest BCUT2D eigenvalue weighted by Crippen LogP contribution is 2.38. The fourth-order valence-electron chi connectivity index (χ4n) is 4.62. The Kier molecular flexibility index (Phi) is 7.92. The molecule has 1 saturated heterocycles. The number of carbonyl (C=O) groups excluding carboxylic acids is 1. The SMILES string of the molecule is Cc1cc(F)ccc1[C@@H]1C[C@H](N(C)C)CCN1C(=O)N(C)Cc1cc(C(F)(F)F)cc(C(F)(F)F)c1. The van der Waals surface area contributed by atoms with Gasteiger partial charge in [0.1, 0.15) is 5.82 Å². The van der Waals surface area contributed by atoms with Crippen molar-refractivity contribution in [2.24, 2.45) is 0 Å². The summed E-state index contributed by atoms with van der Waals surface area (Å²) in [6.45, 7) is 1.60. The van der Waals surface area contributed by atoms with Crippen molar-refractivity contribution in [3.05, 3.63) is 70.0 Å². The minimum absolute atomic E-state index is 0.0602. The third-order valence-electron chi connectivity index (χ3n) is 6.54. The molecule has 0 unspecified atom stereocenters. The lowest BCUT2D eigenvalue weighted by molar-refractivity contribution is -0.143. The van der Waals surface area contributed by atoms with Crippen LogP contribution in [0.2, 0.25) is 0 Å². The minimum atomic E-state index is -4.97. The molecule has 1 fully saturated rings. The van der Waals surface area contributed by atoms with E-state index >= 15 is 0 Å². The maximum absolute atomic E-state index is 13.7. The lowest BCUT2D eigenvalue weighted by Gasteiger charge is -2.43. The first-order valence-corrected chi connectivity index (χ1v) is 11.3. The summed E-state index contributed by atoms with van der Waals surface area (Å²) in [6, 6.07) is 4.74. The average Bonchev–Trinajstić information content (AvgIpc) is 2.76. The van der Waals surface area contributed by atoms with Gasteiger partial charge in [0.25, 0.3) is 0 Å². The van der Waals surface area contributed by atoms with Gasteiger partial charge in [0.2, 0.25) is 0 Å². The molecule has 0 radical (unpaired) electrons. The Bertz CT molecular complexity index is 1070. The molecule has 0 aliphatic carbocycles. The number of likely N-dealkylation sites (tertiary alicyclic amines) is 1. The van der Waals surface area contributed by atoms with Crippen LogP contribution < -0.4 is 0 Å². The molecule has 0 aromatic heterocycles. The van der Waals surface area contributed by atoms with Crippen molar-refractivity contribution in [2.45, 2.75) is 50.7 Å². The molecule has 0 spiro atoms. The molecular formula is C25H28F7N3O. The predicted octanol–water partition coefficient (Wildman–Crippen LogP) is 6.49. The summed E-state index contributed by atoms with van der Waals surface area (Å²) in [7, 11) is 5.16. The molecule has 2 amide bonds. The zero-order valence-electron chi connectivity index (χ0n) is 20.3. The zero-order valence-corrected chi connectivity index (χ0v) is 20.3. The summed E-state index contributed by atoms with van der Waals surface area (Å²) < 4.78 is 93.2. The molecular weight excluding hydrogens is 491 g/mol. The van der Waals surface area contributed by atoms with Crippen molar-refractivity contribution in [2.75, 3.05) is 27.7 Å². The Hall–Kier alpha value is -2.82. The monoisotopic (exact) mass is 519 g/mol. The van der Waals surface area contributed by atoms with Gasteiger partial charge < -0.3 is 14.7 Å². The normalized spacial score (nSPS) is 19.1. The number of hydrogen-bond donors (Lipinski definition) is 0. The number of carbonyl (C=O) groups is 1. The lowest BCUT2D eigenvalue weighted by atomic mass is 9.89. The van der Waals surface area contributed by atoms with Gasteiger partial charge in [0, 0.05) is 26.2 Å². The van der Waals surface area contributed by atoms with Crippen molar-refractivity contribution < 1.29 is 35.5 Å². The largest absolute Gasteiger partial charge is 0.416 e. The van der Waals surface area contributed by atoms with E-state index in [1.54, 1.807) is 17.9 Å². The molecule has 36 heavy (non-hydrogen) atoms. The van der Waals surface area contributed by atoms with Crippen LogP contribution in [0.15, 0.2) is 36.4 Å². The number of alkyl halides is 6. The highest BCUT2D eigenvalue weighted by molar-refractivity contribution is 5.75. The van der Waals surface area contributed by atoms with E-state index < -0.39 is 47.9 Å². The second-order valence-corrected chi connectivity index (χ2v) is 9.40. The number of aryl methyl sites for hydroxylation is 1. The second kappa shape index (κ2) is 10.3. The number of benzene rings is 2. The molecule has 3 rings (SSSR count). The van der Waals surface area contributed by atoms with Crippen molar-refractivity contribution in [3.8, 4) is 0 Å². The van der Waals surface area contributed by atoms with E-state index in [2.05, 4.69) is 0 Å². The molecule has 0 saturated carbocycles. The molecule has 1 aliphatic heterocycles. The minimum Gasteiger partial charge on any atom is -0.323 e. The summed E-state index contributed by atoms with van der Waals surface area (Å²) >= 11 is 0. The maximum atomic E-state index is 13.7. The number of piperidine rings is 1. The van der Waals surface area contributed by atoms with Gasteiger partial charge in [-0.2, -0.15) is 26.3 Å². The molecule has 1 aliphatic rings. The van der Waals surface area contributed by atoms with E-state index in [1.807, 2.05) is 19.0 Å². The van der Waals surface area contributed by atoms with Crippen molar-refractivity contribution in [1.29, 1.82) is 0 Å². The first kappa shape index (κ1) is 27.8. The van der Waals surface area contributed by atoms with E-state index in [0.717, 1.165) is 10.5 Å². The molecule has 198 valence electrons. The van der Waals surface area contributed by atoms with Crippen LogP contribution >= 0.6 is 0 Å². The van der Waals surface area contributed by atoms with Crippen LogP contribution in [0, 0.1) is 12.7 Å². The van der Waals surface area contributed by atoms with Crippen LogP contribution in [0.5, 0.6) is 0 Å². The fourth-order valence-corrected chi connectivity index (χ4v) is 4.62.